The normalized spacial score (nSPS) is 29.5. The molecule has 1 saturated carbocycles. The number of hydrogen-bond donors (Lipinski definition) is 1. The van der Waals surface area contributed by atoms with E-state index in [1.165, 1.54) is 51.7 Å². The molecular weight excluding hydrogens is 210 g/mol. The van der Waals surface area contributed by atoms with E-state index in [1.54, 1.807) is 0 Å². The summed E-state index contributed by atoms with van der Waals surface area (Å²) in [5.41, 5.74) is 0. The summed E-state index contributed by atoms with van der Waals surface area (Å²) >= 11 is 0. The van der Waals surface area contributed by atoms with Gasteiger partial charge in [0.25, 0.3) is 0 Å². The first-order valence-corrected chi connectivity index (χ1v) is 7.25. The molecule has 1 saturated heterocycles. The summed E-state index contributed by atoms with van der Waals surface area (Å²) in [4.78, 5) is 5.01. The lowest BCUT2D eigenvalue weighted by atomic mass is 9.99. The van der Waals surface area contributed by atoms with E-state index in [2.05, 4.69) is 36.3 Å². The maximum absolute atomic E-state index is 3.52. The first-order valence-electron chi connectivity index (χ1n) is 7.25. The number of nitrogens with one attached hydrogen (secondary N) is 1. The summed E-state index contributed by atoms with van der Waals surface area (Å²) in [5.74, 6) is 1.07. The van der Waals surface area contributed by atoms with Crippen LogP contribution in [-0.2, 0) is 0 Å². The van der Waals surface area contributed by atoms with Gasteiger partial charge in [-0.15, -0.1) is 0 Å². The Hall–Kier alpha value is -0.120. The highest BCUT2D eigenvalue weighted by molar-refractivity contribution is 4.84. The molecule has 17 heavy (non-hydrogen) atoms. The second-order valence-electron chi connectivity index (χ2n) is 6.14. The van der Waals surface area contributed by atoms with Crippen LogP contribution in [0, 0.1) is 5.92 Å². The van der Waals surface area contributed by atoms with Crippen LogP contribution in [0.2, 0.25) is 0 Å². The van der Waals surface area contributed by atoms with E-state index in [0.717, 1.165) is 18.0 Å². The molecule has 0 aromatic carbocycles. The lowest BCUT2D eigenvalue weighted by Gasteiger charge is -2.39. The lowest BCUT2D eigenvalue weighted by molar-refractivity contribution is 0.100. The van der Waals surface area contributed by atoms with Gasteiger partial charge in [0, 0.05) is 31.7 Å². The average molecular weight is 239 g/mol. The zero-order valence-corrected chi connectivity index (χ0v) is 11.8. The van der Waals surface area contributed by atoms with Crippen molar-refractivity contribution in [3.05, 3.63) is 0 Å². The molecule has 0 radical (unpaired) electrons. The second kappa shape index (κ2) is 6.17. The Morgan fingerprint density at radius 1 is 1.24 bits per heavy atom. The number of hydrogen-bond acceptors (Lipinski definition) is 3. The van der Waals surface area contributed by atoms with Crippen LogP contribution in [0.4, 0.5) is 0 Å². The average Bonchev–Trinajstić information content (AvgIpc) is 3.12. The largest absolute Gasteiger partial charge is 0.317 e. The molecule has 0 aromatic heterocycles. The van der Waals surface area contributed by atoms with Gasteiger partial charge in [-0.2, -0.15) is 0 Å². The van der Waals surface area contributed by atoms with E-state index in [0.29, 0.717) is 0 Å². The minimum absolute atomic E-state index is 0.717. The topological polar surface area (TPSA) is 18.5 Å². The second-order valence-corrected chi connectivity index (χ2v) is 6.14. The van der Waals surface area contributed by atoms with Crippen LogP contribution in [0.1, 0.15) is 32.1 Å². The fourth-order valence-corrected chi connectivity index (χ4v) is 2.91. The van der Waals surface area contributed by atoms with Crippen molar-refractivity contribution in [1.82, 2.24) is 15.1 Å². The molecule has 0 bridgehead atoms. The SMILES string of the molecule is CNC(CCC1CC1)CC1CN(C)CCN1C. The number of nitrogens with zero attached hydrogens (tertiary/aromatic N) is 2. The maximum Gasteiger partial charge on any atom is 0.0235 e. The van der Waals surface area contributed by atoms with Gasteiger partial charge < -0.3 is 15.1 Å². The van der Waals surface area contributed by atoms with Gasteiger partial charge in [-0.1, -0.05) is 12.8 Å². The Balaban J connectivity index is 1.74. The van der Waals surface area contributed by atoms with Crippen LogP contribution in [0.3, 0.4) is 0 Å². The standard InChI is InChI=1S/C14H29N3/c1-15-13(7-6-12-4-5-12)10-14-11-16(2)8-9-17(14)3/h12-15H,4-11H2,1-3H3. The molecule has 1 aliphatic carbocycles. The zero-order chi connectivity index (χ0) is 12.3. The molecule has 0 spiro atoms. The minimum Gasteiger partial charge on any atom is -0.317 e. The molecule has 3 heteroatoms. The van der Waals surface area contributed by atoms with Gasteiger partial charge in [0.05, 0.1) is 0 Å². The van der Waals surface area contributed by atoms with Gasteiger partial charge >= 0.3 is 0 Å². The van der Waals surface area contributed by atoms with Crippen molar-refractivity contribution < 1.29 is 0 Å². The summed E-state index contributed by atoms with van der Waals surface area (Å²) < 4.78 is 0. The van der Waals surface area contributed by atoms with Crippen LogP contribution in [-0.4, -0.2) is 62.7 Å². The van der Waals surface area contributed by atoms with Crippen LogP contribution >= 0.6 is 0 Å². The van der Waals surface area contributed by atoms with Crippen LogP contribution < -0.4 is 5.32 Å². The molecule has 2 fully saturated rings. The molecule has 1 aliphatic heterocycles. The Bertz CT molecular complexity index is 228. The van der Waals surface area contributed by atoms with E-state index in [9.17, 15) is 0 Å². The molecule has 2 aliphatic rings. The van der Waals surface area contributed by atoms with E-state index >= 15 is 0 Å². The van der Waals surface area contributed by atoms with Crippen molar-refractivity contribution in [2.24, 2.45) is 5.92 Å². The van der Waals surface area contributed by atoms with Gasteiger partial charge in [-0.25, -0.2) is 0 Å². The van der Waals surface area contributed by atoms with Crippen molar-refractivity contribution in [2.75, 3.05) is 40.8 Å². The summed E-state index contributed by atoms with van der Waals surface area (Å²) in [7, 11) is 6.66. The highest BCUT2D eigenvalue weighted by atomic mass is 15.3. The first-order chi connectivity index (χ1) is 8.19. The predicted octanol–water partition coefficient (Wildman–Crippen LogP) is 1.40. The Kier molecular flexibility index (Phi) is 4.83. The van der Waals surface area contributed by atoms with Gasteiger partial charge in [0.2, 0.25) is 0 Å². The van der Waals surface area contributed by atoms with E-state index in [1.807, 2.05) is 0 Å². The molecule has 1 N–H and O–H groups in total. The van der Waals surface area contributed by atoms with E-state index in [4.69, 9.17) is 0 Å². The fourth-order valence-electron chi connectivity index (χ4n) is 2.91. The molecule has 2 rings (SSSR count). The highest BCUT2D eigenvalue weighted by Crippen LogP contribution is 2.34. The maximum atomic E-state index is 3.52. The third-order valence-electron chi connectivity index (χ3n) is 4.57. The van der Waals surface area contributed by atoms with Crippen LogP contribution in [0.25, 0.3) is 0 Å². The molecular formula is C14H29N3. The van der Waals surface area contributed by atoms with Gasteiger partial charge in [0.1, 0.15) is 0 Å². The Morgan fingerprint density at radius 3 is 2.65 bits per heavy atom. The van der Waals surface area contributed by atoms with Gasteiger partial charge in [-0.05, 0) is 46.3 Å². The summed E-state index contributed by atoms with van der Waals surface area (Å²) in [6.45, 7) is 3.68. The van der Waals surface area contributed by atoms with Crippen LogP contribution in [0.15, 0.2) is 0 Å². The number of rotatable bonds is 6. The Labute approximate surface area is 107 Å². The van der Waals surface area contributed by atoms with Crippen molar-refractivity contribution >= 4 is 0 Å². The summed E-state index contributed by atoms with van der Waals surface area (Å²) in [6, 6.07) is 1.46. The molecule has 2 atom stereocenters. The molecule has 0 amide bonds. The smallest absolute Gasteiger partial charge is 0.0235 e. The Morgan fingerprint density at radius 2 is 2.00 bits per heavy atom. The fraction of sp³-hybridized carbons (Fsp3) is 1.00. The van der Waals surface area contributed by atoms with Gasteiger partial charge in [0.15, 0.2) is 0 Å². The molecule has 100 valence electrons. The molecule has 1 heterocycles. The molecule has 0 aromatic rings. The monoisotopic (exact) mass is 239 g/mol. The molecule has 3 nitrogen and oxygen atoms in total. The van der Waals surface area contributed by atoms with Crippen molar-refractivity contribution in [3.63, 3.8) is 0 Å². The summed E-state index contributed by atoms with van der Waals surface area (Å²) in [5, 5.41) is 3.52. The van der Waals surface area contributed by atoms with E-state index < -0.39 is 0 Å². The number of likely N-dealkylation sites (N-methyl/N-ethyl adjacent to an activating group) is 2. The first kappa shape index (κ1) is 13.3. The van der Waals surface area contributed by atoms with E-state index in [-0.39, 0.29) is 0 Å². The lowest BCUT2D eigenvalue weighted by Crippen LogP contribution is -2.52. The summed E-state index contributed by atoms with van der Waals surface area (Å²) in [6.07, 6.45) is 7.10. The van der Waals surface area contributed by atoms with Gasteiger partial charge in [-0.3, -0.25) is 0 Å². The quantitative estimate of drug-likeness (QED) is 0.756. The van der Waals surface area contributed by atoms with Crippen molar-refractivity contribution in [2.45, 2.75) is 44.2 Å². The van der Waals surface area contributed by atoms with Crippen LogP contribution in [0.5, 0.6) is 0 Å². The third-order valence-corrected chi connectivity index (χ3v) is 4.57. The highest BCUT2D eigenvalue weighted by Gasteiger charge is 2.26. The zero-order valence-electron chi connectivity index (χ0n) is 11.8. The van der Waals surface area contributed by atoms with Crippen molar-refractivity contribution in [1.29, 1.82) is 0 Å². The minimum atomic E-state index is 0.717. The number of piperazine rings is 1. The molecule has 2 unspecified atom stereocenters. The predicted molar refractivity (Wildman–Crippen MR) is 73.3 cm³/mol. The van der Waals surface area contributed by atoms with Crippen molar-refractivity contribution in [3.8, 4) is 0 Å². The third kappa shape index (κ3) is 4.23.